The zero-order valence-electron chi connectivity index (χ0n) is 8.33. The summed E-state index contributed by atoms with van der Waals surface area (Å²) in [5.74, 6) is 0.245. The fourth-order valence-electron chi connectivity index (χ4n) is 0.984. The first-order valence-electron chi connectivity index (χ1n) is 4.05. The van der Waals surface area contributed by atoms with Gasteiger partial charge in [-0.05, 0) is 17.2 Å². The molecule has 1 aromatic rings. The fourth-order valence-corrected chi connectivity index (χ4v) is 0.984. The molecule has 1 aromatic heterocycles. The largest absolute Gasteiger partial charge is 1.00 e. The monoisotopic (exact) mass is 240 g/mol. The van der Waals surface area contributed by atoms with E-state index in [0.29, 0.717) is 11.1 Å². The van der Waals surface area contributed by atoms with Crippen molar-refractivity contribution in [3.8, 4) is 0 Å². The van der Waals surface area contributed by atoms with Crippen molar-refractivity contribution in [3.63, 3.8) is 0 Å². The Kier molecular flexibility index (Phi) is 6.98. The van der Waals surface area contributed by atoms with Crippen LogP contribution >= 0.6 is 0 Å². The predicted molar refractivity (Wildman–Crippen MR) is 50.2 cm³/mol. The van der Waals surface area contributed by atoms with Gasteiger partial charge in [0.05, 0.1) is 0 Å². The van der Waals surface area contributed by atoms with Crippen molar-refractivity contribution < 1.29 is 64.3 Å². The van der Waals surface area contributed by atoms with E-state index in [0.717, 1.165) is 6.08 Å². The van der Waals surface area contributed by atoms with E-state index in [2.05, 4.69) is 4.98 Å². The molecule has 76 valence electrons. The maximum absolute atomic E-state index is 11.9. The molecule has 0 atom stereocenters. The van der Waals surface area contributed by atoms with E-state index in [1.54, 1.807) is 0 Å². The van der Waals surface area contributed by atoms with Crippen LogP contribution in [0, 0.1) is 0 Å². The Morgan fingerprint density at radius 1 is 1.40 bits per heavy atom. The van der Waals surface area contributed by atoms with E-state index >= 15 is 0 Å². The molecule has 2 N–H and O–H groups in total. The summed E-state index contributed by atoms with van der Waals surface area (Å²) in [5, 5.41) is 0. The van der Waals surface area contributed by atoms with Crippen LogP contribution in [0.4, 0.5) is 12.9 Å². The zero-order chi connectivity index (χ0) is 10.6. The smallest absolute Gasteiger partial charge is 0.445 e. The molecule has 0 aliphatic rings. The number of rotatable bonds is 3. The summed E-state index contributed by atoms with van der Waals surface area (Å²) in [4.78, 5) is 3.77. The molecule has 0 amide bonds. The first kappa shape index (κ1) is 15.3. The molecule has 2 nitrogen and oxygen atoms in total. The number of nitrogens with two attached hydrogens (primary N) is 1. The van der Waals surface area contributed by atoms with Crippen LogP contribution in [0.25, 0.3) is 6.08 Å². The van der Waals surface area contributed by atoms with Crippen LogP contribution < -0.4 is 57.1 Å². The number of nitrogens with zero attached hydrogens (tertiary/aromatic N) is 1. The third-order valence-electron chi connectivity index (χ3n) is 1.66. The van der Waals surface area contributed by atoms with Crippen molar-refractivity contribution in [1.29, 1.82) is 0 Å². The average molecular weight is 240 g/mol. The van der Waals surface area contributed by atoms with Gasteiger partial charge in [0.25, 0.3) is 0 Å². The topological polar surface area (TPSA) is 38.9 Å². The van der Waals surface area contributed by atoms with Gasteiger partial charge in [0.1, 0.15) is 0 Å². The van der Waals surface area contributed by atoms with Gasteiger partial charge in [-0.15, -0.1) is 5.98 Å². The fraction of sp³-hybridized carbons (Fsp3) is 0.125. The molecule has 1 rings (SSSR count). The second-order valence-electron chi connectivity index (χ2n) is 2.76. The Bertz CT molecular complexity index is 341. The van der Waals surface area contributed by atoms with E-state index < -0.39 is 6.98 Å². The second kappa shape index (κ2) is 6.82. The predicted octanol–water partition coefficient (Wildman–Crippen LogP) is -1.06. The molecule has 0 bridgehead atoms. The molecule has 7 heteroatoms. The molecular weight excluding hydrogens is 231 g/mol. The van der Waals surface area contributed by atoms with E-state index in [-0.39, 0.29) is 63.9 Å². The molecule has 0 saturated heterocycles. The van der Waals surface area contributed by atoms with Crippen LogP contribution in [0.2, 0.25) is 0 Å². The van der Waals surface area contributed by atoms with Crippen LogP contribution in [0.3, 0.4) is 0 Å². The van der Waals surface area contributed by atoms with Gasteiger partial charge < -0.3 is 18.7 Å². The van der Waals surface area contributed by atoms with Crippen molar-refractivity contribution in [2.45, 2.75) is 6.54 Å². The number of aromatic nitrogens is 1. The summed E-state index contributed by atoms with van der Waals surface area (Å²) in [6.07, 6.45) is 3.91. The molecule has 0 radical (unpaired) electrons. The zero-order valence-corrected chi connectivity index (χ0v) is 11.5. The van der Waals surface area contributed by atoms with Gasteiger partial charge in [0.15, 0.2) is 0 Å². The minimum Gasteiger partial charge on any atom is -0.445 e. The molecule has 0 fully saturated rings. The normalized spacial score (nSPS) is 11.5. The maximum Gasteiger partial charge on any atom is 1.00 e. The summed E-state index contributed by atoms with van der Waals surface area (Å²) in [6.45, 7) is -4.71. The standard InChI is InChI=1S/C8H9BF3N2.K/c10-9(11,12)3-1-7-2-4-14-6-8(7)5-13;/h1-4,6H,5,13H2;/q-1;+1/b3-1+;. The summed E-state index contributed by atoms with van der Waals surface area (Å²) >= 11 is 0. The number of hydrogen-bond acceptors (Lipinski definition) is 2. The van der Waals surface area contributed by atoms with Gasteiger partial charge >= 0.3 is 58.4 Å². The van der Waals surface area contributed by atoms with Crippen molar-refractivity contribution >= 4 is 13.1 Å². The van der Waals surface area contributed by atoms with Gasteiger partial charge in [-0.3, -0.25) is 4.98 Å². The summed E-state index contributed by atoms with van der Waals surface area (Å²) in [5.41, 5.74) is 6.40. The third kappa shape index (κ3) is 5.84. The van der Waals surface area contributed by atoms with Gasteiger partial charge in [0.2, 0.25) is 0 Å². The third-order valence-corrected chi connectivity index (χ3v) is 1.66. The van der Waals surface area contributed by atoms with E-state index in [1.807, 2.05) is 0 Å². The Labute approximate surface area is 129 Å². The Morgan fingerprint density at radius 2 is 2.07 bits per heavy atom. The Morgan fingerprint density at radius 3 is 2.60 bits per heavy atom. The summed E-state index contributed by atoms with van der Waals surface area (Å²) in [7, 11) is 0. The van der Waals surface area contributed by atoms with Crippen LogP contribution in [0.1, 0.15) is 11.1 Å². The number of pyridine rings is 1. The summed E-state index contributed by atoms with van der Waals surface area (Å²) in [6, 6.07) is 1.50. The minimum absolute atomic E-state index is 0. The van der Waals surface area contributed by atoms with Gasteiger partial charge in [0, 0.05) is 18.9 Å². The molecule has 0 unspecified atom stereocenters. The maximum atomic E-state index is 11.9. The van der Waals surface area contributed by atoms with Gasteiger partial charge in [-0.2, -0.15) is 0 Å². The molecule has 0 aliphatic heterocycles. The van der Waals surface area contributed by atoms with E-state index in [4.69, 9.17) is 5.73 Å². The molecule has 1 heterocycles. The average Bonchev–Trinajstić information content (AvgIpc) is 2.14. The summed E-state index contributed by atoms with van der Waals surface area (Å²) < 4.78 is 35.7. The van der Waals surface area contributed by atoms with Crippen molar-refractivity contribution in [1.82, 2.24) is 4.98 Å². The quantitative estimate of drug-likeness (QED) is 0.684. The molecule has 15 heavy (non-hydrogen) atoms. The Hall–Kier alpha value is 0.341. The van der Waals surface area contributed by atoms with Crippen molar-refractivity contribution in [2.24, 2.45) is 5.73 Å². The number of hydrogen-bond donors (Lipinski definition) is 1. The van der Waals surface area contributed by atoms with Gasteiger partial charge in [-0.25, -0.2) is 0 Å². The number of halogens is 3. The molecule has 0 spiro atoms. The van der Waals surface area contributed by atoms with Crippen LogP contribution in [0.15, 0.2) is 24.4 Å². The van der Waals surface area contributed by atoms with Crippen LogP contribution in [-0.4, -0.2) is 12.0 Å². The van der Waals surface area contributed by atoms with E-state index in [1.165, 1.54) is 18.5 Å². The van der Waals surface area contributed by atoms with Crippen LogP contribution in [-0.2, 0) is 6.54 Å². The molecule has 0 aromatic carbocycles. The van der Waals surface area contributed by atoms with Crippen molar-refractivity contribution in [3.05, 3.63) is 35.6 Å². The van der Waals surface area contributed by atoms with E-state index in [9.17, 15) is 12.9 Å². The molecular formula is C8H9BF3KN2. The first-order chi connectivity index (χ1) is 6.53. The van der Waals surface area contributed by atoms with Crippen molar-refractivity contribution in [2.75, 3.05) is 0 Å². The molecule has 0 aliphatic carbocycles. The SMILES string of the molecule is NCc1cnccc1/C=C/[B-](F)(F)F.[K+]. The van der Waals surface area contributed by atoms with Gasteiger partial charge in [-0.1, -0.05) is 6.08 Å². The van der Waals surface area contributed by atoms with Crippen LogP contribution in [0.5, 0.6) is 0 Å². The second-order valence-corrected chi connectivity index (χ2v) is 2.76. The minimum atomic E-state index is -4.89. The Balaban J connectivity index is 0.00000196. The first-order valence-corrected chi connectivity index (χ1v) is 4.05. The molecule has 0 saturated carbocycles.